The van der Waals surface area contributed by atoms with Gasteiger partial charge in [0.05, 0.1) is 0 Å². The van der Waals surface area contributed by atoms with Crippen molar-refractivity contribution in [1.29, 1.82) is 0 Å². The number of halogens is 2. The van der Waals surface area contributed by atoms with Gasteiger partial charge in [-0.05, 0) is 37.1 Å². The van der Waals surface area contributed by atoms with Gasteiger partial charge < -0.3 is 5.73 Å². The van der Waals surface area contributed by atoms with E-state index in [2.05, 4.69) is 13.8 Å². The molecule has 0 fully saturated rings. The largest absolute Gasteiger partial charge is 0.399 e. The van der Waals surface area contributed by atoms with E-state index in [-0.39, 0.29) is 24.8 Å². The summed E-state index contributed by atoms with van der Waals surface area (Å²) in [6.07, 6.45) is 0. The van der Waals surface area contributed by atoms with Crippen molar-refractivity contribution in [3.8, 4) is 0 Å². The molecule has 2 N–H and O–H groups in total. The Balaban J connectivity index is 0. The second-order valence-electron chi connectivity index (χ2n) is 2.34. The molecule has 0 aliphatic rings. The molecular weight excluding hydrogens is 181 g/mol. The Labute approximate surface area is 79.8 Å². The van der Waals surface area contributed by atoms with Crippen LogP contribution in [0.25, 0.3) is 0 Å². The summed E-state index contributed by atoms with van der Waals surface area (Å²) in [6.45, 7) is 4.14. The van der Waals surface area contributed by atoms with E-state index >= 15 is 0 Å². The summed E-state index contributed by atoms with van der Waals surface area (Å²) in [6, 6.07) is 5.93. The van der Waals surface area contributed by atoms with Crippen LogP contribution in [0.1, 0.15) is 11.1 Å². The third kappa shape index (κ3) is 3.49. The minimum Gasteiger partial charge on any atom is -0.399 e. The van der Waals surface area contributed by atoms with E-state index < -0.39 is 0 Å². The van der Waals surface area contributed by atoms with Crippen molar-refractivity contribution < 1.29 is 0 Å². The molecule has 0 aromatic heterocycles. The second kappa shape index (κ2) is 5.28. The molecular formula is C8H13Cl2N. The molecule has 64 valence electrons. The predicted molar refractivity (Wildman–Crippen MR) is 54.8 cm³/mol. The van der Waals surface area contributed by atoms with Gasteiger partial charge in [0.1, 0.15) is 0 Å². The molecule has 3 heteroatoms. The van der Waals surface area contributed by atoms with E-state index in [1.54, 1.807) is 0 Å². The van der Waals surface area contributed by atoms with Crippen molar-refractivity contribution in [2.75, 3.05) is 5.73 Å². The van der Waals surface area contributed by atoms with E-state index in [4.69, 9.17) is 5.73 Å². The first kappa shape index (κ1) is 13.2. The SMILES string of the molecule is Cc1ccc(N)cc1C.Cl.Cl. The van der Waals surface area contributed by atoms with Crippen LogP contribution in [-0.4, -0.2) is 0 Å². The summed E-state index contributed by atoms with van der Waals surface area (Å²) >= 11 is 0. The number of rotatable bonds is 0. The highest BCUT2D eigenvalue weighted by molar-refractivity contribution is 5.85. The molecule has 0 aliphatic heterocycles. The lowest BCUT2D eigenvalue weighted by atomic mass is 10.1. The molecule has 1 rings (SSSR count). The van der Waals surface area contributed by atoms with Crippen LogP contribution in [0.5, 0.6) is 0 Å². The standard InChI is InChI=1S/C8H11N.2ClH/c1-6-3-4-8(9)5-7(6)2;;/h3-5H,9H2,1-2H3;2*1H. The lowest BCUT2D eigenvalue weighted by Crippen LogP contribution is -1.86. The van der Waals surface area contributed by atoms with Crippen LogP contribution in [0.2, 0.25) is 0 Å². The third-order valence-electron chi connectivity index (χ3n) is 1.53. The van der Waals surface area contributed by atoms with Crippen molar-refractivity contribution in [3.05, 3.63) is 29.3 Å². The molecule has 0 saturated carbocycles. The zero-order valence-corrected chi connectivity index (χ0v) is 8.26. The molecule has 0 spiro atoms. The van der Waals surface area contributed by atoms with Crippen molar-refractivity contribution in [3.63, 3.8) is 0 Å². The summed E-state index contributed by atoms with van der Waals surface area (Å²) in [4.78, 5) is 0. The molecule has 0 unspecified atom stereocenters. The molecule has 0 heterocycles. The zero-order valence-electron chi connectivity index (χ0n) is 6.63. The Morgan fingerprint density at radius 1 is 1.00 bits per heavy atom. The van der Waals surface area contributed by atoms with Gasteiger partial charge in [0.25, 0.3) is 0 Å². The van der Waals surface area contributed by atoms with Crippen molar-refractivity contribution in [2.45, 2.75) is 13.8 Å². The van der Waals surface area contributed by atoms with Gasteiger partial charge in [0.15, 0.2) is 0 Å². The molecule has 1 nitrogen and oxygen atoms in total. The number of aryl methyl sites for hydroxylation is 2. The number of hydrogen-bond acceptors (Lipinski definition) is 1. The highest BCUT2D eigenvalue weighted by atomic mass is 35.5. The van der Waals surface area contributed by atoms with E-state index in [1.165, 1.54) is 11.1 Å². The van der Waals surface area contributed by atoms with E-state index in [9.17, 15) is 0 Å². The number of nitrogens with two attached hydrogens (primary N) is 1. The second-order valence-corrected chi connectivity index (χ2v) is 2.34. The van der Waals surface area contributed by atoms with Gasteiger partial charge in [-0.3, -0.25) is 0 Å². The molecule has 1 aromatic carbocycles. The number of hydrogen-bond donors (Lipinski definition) is 1. The van der Waals surface area contributed by atoms with E-state index in [1.807, 2.05) is 18.2 Å². The van der Waals surface area contributed by atoms with Gasteiger partial charge in [0, 0.05) is 5.69 Å². The molecule has 0 radical (unpaired) electrons. The Hall–Kier alpha value is -0.400. The molecule has 1 aromatic rings. The maximum absolute atomic E-state index is 5.53. The monoisotopic (exact) mass is 193 g/mol. The average molecular weight is 194 g/mol. The maximum Gasteiger partial charge on any atom is 0.0316 e. The topological polar surface area (TPSA) is 26.0 Å². The molecule has 0 amide bonds. The lowest BCUT2D eigenvalue weighted by molar-refractivity contribution is 1.34. The number of anilines is 1. The van der Waals surface area contributed by atoms with Crippen LogP contribution in [0.15, 0.2) is 18.2 Å². The molecule has 0 aliphatic carbocycles. The lowest BCUT2D eigenvalue weighted by Gasteiger charge is -1.98. The molecule has 0 atom stereocenters. The van der Waals surface area contributed by atoms with Gasteiger partial charge >= 0.3 is 0 Å². The van der Waals surface area contributed by atoms with Crippen molar-refractivity contribution in [1.82, 2.24) is 0 Å². The molecule has 11 heavy (non-hydrogen) atoms. The van der Waals surface area contributed by atoms with E-state index in [0.29, 0.717) is 0 Å². The van der Waals surface area contributed by atoms with Crippen LogP contribution < -0.4 is 5.73 Å². The van der Waals surface area contributed by atoms with Crippen LogP contribution in [0.3, 0.4) is 0 Å². The molecule has 0 saturated heterocycles. The summed E-state index contributed by atoms with van der Waals surface area (Å²) in [5.74, 6) is 0. The first-order valence-corrected chi connectivity index (χ1v) is 3.03. The van der Waals surface area contributed by atoms with Crippen LogP contribution in [0.4, 0.5) is 5.69 Å². The van der Waals surface area contributed by atoms with Crippen LogP contribution in [0, 0.1) is 13.8 Å². The highest BCUT2D eigenvalue weighted by Crippen LogP contribution is 2.09. The minimum atomic E-state index is 0. The Morgan fingerprint density at radius 2 is 1.55 bits per heavy atom. The zero-order chi connectivity index (χ0) is 6.85. The van der Waals surface area contributed by atoms with Crippen molar-refractivity contribution in [2.24, 2.45) is 0 Å². The third-order valence-corrected chi connectivity index (χ3v) is 1.53. The number of nitrogen functional groups attached to an aromatic ring is 1. The van der Waals surface area contributed by atoms with E-state index in [0.717, 1.165) is 5.69 Å². The summed E-state index contributed by atoms with van der Waals surface area (Å²) in [5, 5.41) is 0. The first-order valence-electron chi connectivity index (χ1n) is 3.03. The van der Waals surface area contributed by atoms with Crippen LogP contribution in [-0.2, 0) is 0 Å². The summed E-state index contributed by atoms with van der Waals surface area (Å²) in [7, 11) is 0. The average Bonchev–Trinajstić information content (AvgIpc) is 1.80. The normalized spacial score (nSPS) is 7.82. The van der Waals surface area contributed by atoms with Crippen LogP contribution >= 0.6 is 24.8 Å². The van der Waals surface area contributed by atoms with Gasteiger partial charge in [-0.2, -0.15) is 0 Å². The Bertz CT molecular complexity index is 223. The predicted octanol–water partition coefficient (Wildman–Crippen LogP) is 2.73. The highest BCUT2D eigenvalue weighted by Gasteiger charge is 1.89. The smallest absolute Gasteiger partial charge is 0.0316 e. The fourth-order valence-corrected chi connectivity index (χ4v) is 0.765. The summed E-state index contributed by atoms with van der Waals surface area (Å²) < 4.78 is 0. The van der Waals surface area contributed by atoms with Gasteiger partial charge in [-0.1, -0.05) is 6.07 Å². The minimum absolute atomic E-state index is 0. The first-order chi connectivity index (χ1) is 4.20. The Kier molecular flexibility index (Phi) is 6.34. The quantitative estimate of drug-likeness (QED) is 0.631. The summed E-state index contributed by atoms with van der Waals surface area (Å²) in [5.41, 5.74) is 8.93. The maximum atomic E-state index is 5.53. The van der Waals surface area contributed by atoms with Gasteiger partial charge in [-0.15, -0.1) is 24.8 Å². The van der Waals surface area contributed by atoms with Gasteiger partial charge in [-0.25, -0.2) is 0 Å². The van der Waals surface area contributed by atoms with Crippen molar-refractivity contribution >= 4 is 30.5 Å². The fourth-order valence-electron chi connectivity index (χ4n) is 0.765. The molecule has 0 bridgehead atoms. The van der Waals surface area contributed by atoms with Gasteiger partial charge in [0.2, 0.25) is 0 Å². The Morgan fingerprint density at radius 3 is 1.91 bits per heavy atom. The number of benzene rings is 1. The fraction of sp³-hybridized carbons (Fsp3) is 0.250.